The molecule has 4 fully saturated rings. The lowest BCUT2D eigenvalue weighted by Gasteiger charge is -2.45. The SMILES string of the molecule is CC(=O)N(C)c1ccn(C(=O)N2CCC3(CCCN3Cc3cc(C)cc(N4C5CCC4COC5)c3)CC2)n1. The van der Waals surface area contributed by atoms with Gasteiger partial charge in [0.05, 0.1) is 25.3 Å². The molecule has 6 rings (SSSR count). The number of aryl methyl sites for hydroxylation is 1. The number of hydrogen-bond donors (Lipinski definition) is 0. The van der Waals surface area contributed by atoms with E-state index in [1.54, 1.807) is 19.3 Å². The zero-order chi connectivity index (χ0) is 26.4. The Morgan fingerprint density at radius 1 is 1.08 bits per heavy atom. The molecule has 2 amide bonds. The van der Waals surface area contributed by atoms with Crippen LogP contribution in [0.1, 0.15) is 56.6 Å². The van der Waals surface area contributed by atoms with E-state index < -0.39 is 0 Å². The highest BCUT2D eigenvalue weighted by Gasteiger charge is 2.44. The van der Waals surface area contributed by atoms with Crippen LogP contribution in [-0.4, -0.2) is 89.0 Å². The van der Waals surface area contributed by atoms with Crippen LogP contribution in [-0.2, 0) is 16.1 Å². The molecule has 38 heavy (non-hydrogen) atoms. The van der Waals surface area contributed by atoms with Crippen LogP contribution >= 0.6 is 0 Å². The van der Waals surface area contributed by atoms with Crippen LogP contribution in [0.15, 0.2) is 30.5 Å². The first-order valence-electron chi connectivity index (χ1n) is 14.1. The molecule has 2 bridgehead atoms. The summed E-state index contributed by atoms with van der Waals surface area (Å²) >= 11 is 0. The molecule has 0 radical (unpaired) electrons. The molecule has 1 aromatic carbocycles. The number of piperidine rings is 1. The summed E-state index contributed by atoms with van der Waals surface area (Å²) in [4.78, 5) is 33.5. The van der Waals surface area contributed by atoms with Crippen LogP contribution in [0.4, 0.5) is 16.3 Å². The third-order valence-electron chi connectivity index (χ3n) is 9.33. The lowest BCUT2D eigenvalue weighted by molar-refractivity contribution is -0.116. The average molecular weight is 521 g/mol. The van der Waals surface area contributed by atoms with Crippen LogP contribution in [0.2, 0.25) is 0 Å². The Kier molecular flexibility index (Phi) is 6.68. The van der Waals surface area contributed by atoms with E-state index in [1.807, 2.05) is 4.90 Å². The molecule has 4 saturated heterocycles. The monoisotopic (exact) mass is 520 g/mol. The van der Waals surface area contributed by atoms with Gasteiger partial charge in [0, 0.05) is 57.1 Å². The summed E-state index contributed by atoms with van der Waals surface area (Å²) in [5, 5.41) is 4.34. The number of carbonyl (C=O) groups is 2. The second-order valence-corrected chi connectivity index (χ2v) is 11.7. The smallest absolute Gasteiger partial charge is 0.344 e. The Bertz CT molecular complexity index is 1190. The first-order chi connectivity index (χ1) is 18.3. The van der Waals surface area contributed by atoms with Crippen LogP contribution in [0.3, 0.4) is 0 Å². The molecule has 5 heterocycles. The average Bonchev–Trinajstić information content (AvgIpc) is 3.60. The highest BCUT2D eigenvalue weighted by molar-refractivity contribution is 5.90. The first kappa shape index (κ1) is 25.4. The van der Waals surface area contributed by atoms with Gasteiger partial charge in [-0.05, 0) is 75.3 Å². The van der Waals surface area contributed by atoms with E-state index in [-0.39, 0.29) is 17.5 Å². The fourth-order valence-electron chi connectivity index (χ4n) is 7.18. The Morgan fingerprint density at radius 3 is 2.53 bits per heavy atom. The number of morpholine rings is 1. The third-order valence-corrected chi connectivity index (χ3v) is 9.33. The number of aromatic nitrogens is 2. The minimum atomic E-state index is -0.115. The van der Waals surface area contributed by atoms with Crippen LogP contribution in [0, 0.1) is 6.92 Å². The Labute approximate surface area is 225 Å². The van der Waals surface area contributed by atoms with Gasteiger partial charge in [-0.1, -0.05) is 6.07 Å². The van der Waals surface area contributed by atoms with E-state index in [0.717, 1.165) is 52.2 Å². The van der Waals surface area contributed by atoms with Crippen molar-refractivity contribution >= 4 is 23.4 Å². The lowest BCUT2D eigenvalue weighted by atomic mass is 9.84. The zero-order valence-electron chi connectivity index (χ0n) is 22.9. The molecule has 1 spiro atoms. The number of likely N-dealkylation sites (tertiary alicyclic amines) is 2. The Hall–Kier alpha value is -2.91. The maximum Gasteiger partial charge on any atom is 0.344 e. The van der Waals surface area contributed by atoms with Crippen molar-refractivity contribution in [1.82, 2.24) is 19.6 Å². The van der Waals surface area contributed by atoms with Gasteiger partial charge < -0.3 is 14.5 Å². The molecular weight excluding hydrogens is 480 g/mol. The van der Waals surface area contributed by atoms with Gasteiger partial charge in [-0.15, -0.1) is 5.10 Å². The van der Waals surface area contributed by atoms with E-state index in [4.69, 9.17) is 4.74 Å². The third kappa shape index (κ3) is 4.60. The summed E-state index contributed by atoms with van der Waals surface area (Å²) in [7, 11) is 1.67. The van der Waals surface area contributed by atoms with E-state index in [2.05, 4.69) is 40.0 Å². The molecule has 0 saturated carbocycles. The number of amides is 2. The molecule has 2 atom stereocenters. The normalized spacial score (nSPS) is 24.8. The van der Waals surface area contributed by atoms with Crippen molar-refractivity contribution in [2.75, 3.05) is 49.7 Å². The summed E-state index contributed by atoms with van der Waals surface area (Å²) in [5.74, 6) is 0.380. The van der Waals surface area contributed by atoms with Crippen molar-refractivity contribution in [3.8, 4) is 0 Å². The van der Waals surface area contributed by atoms with Crippen LogP contribution in [0.25, 0.3) is 0 Å². The van der Waals surface area contributed by atoms with Gasteiger partial charge >= 0.3 is 6.03 Å². The van der Waals surface area contributed by atoms with Crippen molar-refractivity contribution in [2.45, 2.75) is 76.5 Å². The summed E-state index contributed by atoms with van der Waals surface area (Å²) in [6.45, 7) is 8.92. The van der Waals surface area contributed by atoms with Crippen molar-refractivity contribution in [3.05, 3.63) is 41.6 Å². The van der Waals surface area contributed by atoms with E-state index in [9.17, 15) is 9.59 Å². The summed E-state index contributed by atoms with van der Waals surface area (Å²) in [6, 6.07) is 9.73. The summed E-state index contributed by atoms with van der Waals surface area (Å²) < 4.78 is 7.19. The number of benzene rings is 1. The molecule has 1 aromatic heterocycles. The number of ether oxygens (including phenoxy) is 1. The van der Waals surface area contributed by atoms with Gasteiger partial charge in [0.25, 0.3) is 0 Å². The van der Waals surface area contributed by atoms with Gasteiger partial charge in [-0.25, -0.2) is 4.79 Å². The fourth-order valence-corrected chi connectivity index (χ4v) is 7.18. The van der Waals surface area contributed by atoms with Gasteiger partial charge in [0.2, 0.25) is 5.91 Å². The lowest BCUT2D eigenvalue weighted by Crippen LogP contribution is -2.53. The molecule has 0 N–H and O–H groups in total. The molecular formula is C29H40N6O3. The molecule has 2 aromatic rings. The molecule has 2 unspecified atom stereocenters. The van der Waals surface area contributed by atoms with Crippen molar-refractivity contribution < 1.29 is 14.3 Å². The maximum atomic E-state index is 13.2. The molecule has 204 valence electrons. The quantitative estimate of drug-likeness (QED) is 0.613. The number of fused-ring (bicyclic) bond motifs is 2. The van der Waals surface area contributed by atoms with Crippen LogP contribution in [0.5, 0.6) is 0 Å². The minimum Gasteiger partial charge on any atom is -0.377 e. The van der Waals surface area contributed by atoms with Gasteiger partial charge in [0.1, 0.15) is 0 Å². The summed E-state index contributed by atoms with van der Waals surface area (Å²) in [5.41, 5.74) is 4.23. The maximum absolute atomic E-state index is 13.2. The predicted octanol–water partition coefficient (Wildman–Crippen LogP) is 3.64. The molecule has 4 aliphatic heterocycles. The number of hydrogen-bond acceptors (Lipinski definition) is 6. The Morgan fingerprint density at radius 2 is 1.82 bits per heavy atom. The first-order valence-corrected chi connectivity index (χ1v) is 14.1. The number of carbonyl (C=O) groups excluding carboxylic acids is 2. The minimum absolute atomic E-state index is 0.109. The second kappa shape index (κ2) is 10.0. The number of nitrogens with zero attached hydrogens (tertiary/aromatic N) is 6. The van der Waals surface area contributed by atoms with E-state index in [1.165, 1.54) is 59.0 Å². The molecule has 9 nitrogen and oxygen atoms in total. The predicted molar refractivity (Wildman–Crippen MR) is 147 cm³/mol. The van der Waals surface area contributed by atoms with Crippen molar-refractivity contribution in [1.29, 1.82) is 0 Å². The van der Waals surface area contributed by atoms with Crippen LogP contribution < -0.4 is 9.80 Å². The van der Waals surface area contributed by atoms with Gasteiger partial charge in [0.15, 0.2) is 5.82 Å². The number of rotatable bonds is 4. The van der Waals surface area contributed by atoms with Crippen molar-refractivity contribution in [3.63, 3.8) is 0 Å². The largest absolute Gasteiger partial charge is 0.377 e. The molecule has 4 aliphatic rings. The van der Waals surface area contributed by atoms with Gasteiger partial charge in [-0.3, -0.25) is 14.6 Å². The fraction of sp³-hybridized carbons (Fsp3) is 0.621. The highest BCUT2D eigenvalue weighted by atomic mass is 16.5. The van der Waals surface area contributed by atoms with E-state index in [0.29, 0.717) is 17.9 Å². The highest BCUT2D eigenvalue weighted by Crippen LogP contribution is 2.40. The standard InChI is InChI=1S/C29H40N6O3/c1-21-15-23(17-26(16-21)35-24-5-6-25(35)20-38-19-24)18-33-11-4-8-29(33)9-13-32(14-10-29)28(37)34-12-7-27(30-34)31(3)22(2)36/h7,12,15-17,24-25H,4-6,8-11,13-14,18-20H2,1-3H3. The molecule has 0 aliphatic carbocycles. The zero-order valence-corrected chi connectivity index (χ0v) is 22.9. The second-order valence-electron chi connectivity index (χ2n) is 11.7. The van der Waals surface area contributed by atoms with Gasteiger partial charge in [-0.2, -0.15) is 4.68 Å². The topological polar surface area (TPSA) is 74.2 Å². The molecule has 9 heteroatoms. The summed E-state index contributed by atoms with van der Waals surface area (Å²) in [6.07, 6.45) is 8.46. The number of anilines is 2. The Balaban J connectivity index is 1.12. The van der Waals surface area contributed by atoms with E-state index >= 15 is 0 Å². The van der Waals surface area contributed by atoms with Crippen molar-refractivity contribution in [2.24, 2.45) is 0 Å².